The van der Waals surface area contributed by atoms with Gasteiger partial charge in [0.15, 0.2) is 5.96 Å². The number of guanidine groups is 1. The quantitative estimate of drug-likeness (QED) is 0.472. The summed E-state index contributed by atoms with van der Waals surface area (Å²) in [5, 5.41) is 0. The second-order valence-electron chi connectivity index (χ2n) is 5.74. The molecule has 1 aliphatic carbocycles. The van der Waals surface area contributed by atoms with Crippen LogP contribution in [0.4, 0.5) is 0 Å². The summed E-state index contributed by atoms with van der Waals surface area (Å²) in [7, 11) is 0. The van der Waals surface area contributed by atoms with Crippen molar-refractivity contribution in [3.05, 3.63) is 0 Å². The Balaban J connectivity index is 0.00000144. The molecule has 17 heavy (non-hydrogen) atoms. The Morgan fingerprint density at radius 1 is 1.12 bits per heavy atom. The van der Waals surface area contributed by atoms with E-state index in [-0.39, 0.29) is 24.0 Å². The van der Waals surface area contributed by atoms with Crippen molar-refractivity contribution < 1.29 is 0 Å². The van der Waals surface area contributed by atoms with Crippen molar-refractivity contribution in [3.63, 3.8) is 0 Å². The molecule has 0 spiro atoms. The number of aliphatic imine (C=N–C) groups is 1. The maximum Gasteiger partial charge on any atom is 0.191 e. The van der Waals surface area contributed by atoms with Crippen molar-refractivity contribution >= 4 is 29.9 Å². The summed E-state index contributed by atoms with van der Waals surface area (Å²) in [5.41, 5.74) is 6.53. The van der Waals surface area contributed by atoms with Crippen LogP contribution in [-0.2, 0) is 0 Å². The van der Waals surface area contributed by atoms with E-state index in [1.165, 1.54) is 44.9 Å². The van der Waals surface area contributed by atoms with E-state index >= 15 is 0 Å². The van der Waals surface area contributed by atoms with Gasteiger partial charge in [0.25, 0.3) is 0 Å². The molecule has 0 atom stereocenters. The van der Waals surface area contributed by atoms with Gasteiger partial charge in [0.05, 0.1) is 0 Å². The topological polar surface area (TPSA) is 41.6 Å². The summed E-state index contributed by atoms with van der Waals surface area (Å²) in [5.74, 6) is 0.787. The van der Waals surface area contributed by atoms with Crippen molar-refractivity contribution in [2.24, 2.45) is 16.1 Å². The van der Waals surface area contributed by atoms with E-state index in [2.05, 4.69) is 16.8 Å². The summed E-state index contributed by atoms with van der Waals surface area (Å²) < 4.78 is 0. The van der Waals surface area contributed by atoms with Crippen molar-refractivity contribution in [2.45, 2.75) is 51.9 Å². The minimum absolute atomic E-state index is 0. The van der Waals surface area contributed by atoms with E-state index in [1.54, 1.807) is 0 Å². The van der Waals surface area contributed by atoms with Crippen LogP contribution in [0.2, 0.25) is 0 Å². The zero-order valence-electron chi connectivity index (χ0n) is 11.0. The van der Waals surface area contributed by atoms with Gasteiger partial charge in [-0.3, -0.25) is 4.99 Å². The van der Waals surface area contributed by atoms with Gasteiger partial charge in [-0.2, -0.15) is 0 Å². The predicted octanol–water partition coefficient (Wildman–Crippen LogP) is 2.99. The van der Waals surface area contributed by atoms with Gasteiger partial charge in [-0.05, 0) is 31.1 Å². The summed E-state index contributed by atoms with van der Waals surface area (Å²) in [6.45, 7) is 5.46. The molecule has 1 saturated heterocycles. The number of likely N-dealkylation sites (tertiary alicyclic amines) is 1. The van der Waals surface area contributed by atoms with E-state index < -0.39 is 0 Å². The molecule has 1 heterocycles. The van der Waals surface area contributed by atoms with Gasteiger partial charge in [0, 0.05) is 19.6 Å². The van der Waals surface area contributed by atoms with Gasteiger partial charge in [-0.25, -0.2) is 0 Å². The third-order valence-electron chi connectivity index (χ3n) is 4.11. The van der Waals surface area contributed by atoms with Crippen LogP contribution in [0.15, 0.2) is 4.99 Å². The van der Waals surface area contributed by atoms with Gasteiger partial charge >= 0.3 is 0 Å². The lowest BCUT2D eigenvalue weighted by atomic mass is 9.71. The Morgan fingerprint density at radius 3 is 2.18 bits per heavy atom. The Morgan fingerprint density at radius 2 is 1.71 bits per heavy atom. The second kappa shape index (κ2) is 6.81. The molecule has 2 N–H and O–H groups in total. The minimum atomic E-state index is 0. The third-order valence-corrected chi connectivity index (χ3v) is 4.11. The average Bonchev–Trinajstić information content (AvgIpc) is 2.51. The number of rotatable bonds is 2. The van der Waals surface area contributed by atoms with Crippen LogP contribution in [0.3, 0.4) is 0 Å². The maximum absolute atomic E-state index is 6.08. The smallest absolute Gasteiger partial charge is 0.191 e. The average molecular weight is 351 g/mol. The molecule has 1 aliphatic heterocycles. The van der Waals surface area contributed by atoms with Gasteiger partial charge in [0.1, 0.15) is 0 Å². The highest BCUT2D eigenvalue weighted by Gasteiger charge is 2.31. The van der Waals surface area contributed by atoms with Gasteiger partial charge in [0.2, 0.25) is 0 Å². The molecule has 1 saturated carbocycles. The second-order valence-corrected chi connectivity index (χ2v) is 5.74. The van der Waals surface area contributed by atoms with E-state index in [0.717, 1.165) is 25.6 Å². The van der Waals surface area contributed by atoms with Crippen LogP contribution in [0.5, 0.6) is 0 Å². The van der Waals surface area contributed by atoms with Crippen LogP contribution in [0, 0.1) is 5.41 Å². The first kappa shape index (κ1) is 15.1. The molecule has 0 unspecified atom stereocenters. The van der Waals surface area contributed by atoms with Crippen LogP contribution < -0.4 is 5.73 Å². The standard InChI is InChI=1S/C13H25N3.HI/c1-13(7-6-8-13)11-15-12(14)16-9-4-2-3-5-10-16;/h2-11H2,1H3,(H2,14,15);1H. The molecule has 0 amide bonds. The largest absolute Gasteiger partial charge is 0.370 e. The summed E-state index contributed by atoms with van der Waals surface area (Å²) in [4.78, 5) is 6.88. The summed E-state index contributed by atoms with van der Waals surface area (Å²) in [6.07, 6.45) is 9.26. The zero-order chi connectivity index (χ0) is 11.4. The van der Waals surface area contributed by atoms with Crippen molar-refractivity contribution in [2.75, 3.05) is 19.6 Å². The minimum Gasteiger partial charge on any atom is -0.370 e. The third kappa shape index (κ3) is 4.30. The SMILES string of the molecule is CC1(CN=C(N)N2CCCCCC2)CCC1.I. The van der Waals surface area contributed by atoms with Crippen LogP contribution in [0.25, 0.3) is 0 Å². The van der Waals surface area contributed by atoms with Gasteiger partial charge in [-0.1, -0.05) is 26.2 Å². The normalized spacial score (nSPS) is 24.5. The number of hydrogen-bond acceptors (Lipinski definition) is 1. The first-order chi connectivity index (χ1) is 7.70. The van der Waals surface area contributed by atoms with Gasteiger partial charge in [-0.15, -0.1) is 24.0 Å². The monoisotopic (exact) mass is 351 g/mol. The highest BCUT2D eigenvalue weighted by molar-refractivity contribution is 14.0. The highest BCUT2D eigenvalue weighted by Crippen LogP contribution is 2.40. The van der Waals surface area contributed by atoms with E-state index in [1.807, 2.05) is 0 Å². The number of hydrogen-bond donors (Lipinski definition) is 1. The Bertz CT molecular complexity index is 253. The summed E-state index contributed by atoms with van der Waals surface area (Å²) in [6, 6.07) is 0. The molecule has 0 aromatic carbocycles. The van der Waals surface area contributed by atoms with Crippen LogP contribution in [0.1, 0.15) is 51.9 Å². The lowest BCUT2D eigenvalue weighted by molar-refractivity contribution is 0.173. The molecule has 100 valence electrons. The number of nitrogens with two attached hydrogens (primary N) is 1. The van der Waals surface area contributed by atoms with Crippen molar-refractivity contribution in [1.29, 1.82) is 0 Å². The molecule has 0 aromatic rings. The first-order valence-electron chi connectivity index (χ1n) is 6.75. The molecule has 2 aliphatic rings. The Labute approximate surface area is 122 Å². The maximum atomic E-state index is 6.08. The molecule has 3 nitrogen and oxygen atoms in total. The fourth-order valence-electron chi connectivity index (χ4n) is 2.61. The van der Waals surface area contributed by atoms with E-state index in [0.29, 0.717) is 5.41 Å². The molecular weight excluding hydrogens is 325 g/mol. The fraction of sp³-hybridized carbons (Fsp3) is 0.923. The van der Waals surface area contributed by atoms with E-state index in [9.17, 15) is 0 Å². The lowest BCUT2D eigenvalue weighted by Crippen LogP contribution is -2.39. The Hall–Kier alpha value is 0. The molecule has 2 fully saturated rings. The van der Waals surface area contributed by atoms with Crippen molar-refractivity contribution in [1.82, 2.24) is 4.90 Å². The van der Waals surface area contributed by atoms with Gasteiger partial charge < -0.3 is 10.6 Å². The van der Waals surface area contributed by atoms with Crippen molar-refractivity contribution in [3.8, 4) is 0 Å². The first-order valence-corrected chi connectivity index (χ1v) is 6.75. The predicted molar refractivity (Wildman–Crippen MR) is 83.9 cm³/mol. The highest BCUT2D eigenvalue weighted by atomic mass is 127. The molecular formula is C13H26IN3. The molecule has 0 radical (unpaired) electrons. The molecule has 0 bridgehead atoms. The molecule has 0 aromatic heterocycles. The van der Waals surface area contributed by atoms with Crippen LogP contribution >= 0.6 is 24.0 Å². The van der Waals surface area contributed by atoms with Crippen LogP contribution in [-0.4, -0.2) is 30.5 Å². The van der Waals surface area contributed by atoms with E-state index in [4.69, 9.17) is 5.73 Å². The summed E-state index contributed by atoms with van der Waals surface area (Å²) >= 11 is 0. The number of halogens is 1. The number of nitrogens with zero attached hydrogens (tertiary/aromatic N) is 2. The lowest BCUT2D eigenvalue weighted by Gasteiger charge is -2.37. The Kier molecular flexibility index (Phi) is 6.03. The molecule has 4 heteroatoms. The fourth-order valence-corrected chi connectivity index (χ4v) is 2.61. The zero-order valence-corrected chi connectivity index (χ0v) is 13.3. The molecule has 2 rings (SSSR count).